The van der Waals surface area contributed by atoms with Crippen LogP contribution in [0.4, 0.5) is 17.1 Å². The van der Waals surface area contributed by atoms with Crippen LogP contribution in [-0.2, 0) is 16.2 Å². The molecule has 3 aliphatic carbocycles. The largest absolute Gasteiger partial charge is 0.456 e. The summed E-state index contributed by atoms with van der Waals surface area (Å²) in [5, 5.41) is 9.79. The molecule has 1 aromatic heterocycles. The first-order chi connectivity index (χ1) is 37.4. The predicted octanol–water partition coefficient (Wildman–Crippen LogP) is 20.8. The Bertz CT molecular complexity index is 4620. The zero-order valence-electron chi connectivity index (χ0n) is 44.2. The number of nitrogens with zero attached hydrogens (tertiary/aromatic N) is 1. The number of rotatable bonds is 5. The minimum absolute atomic E-state index is 0.133. The van der Waals surface area contributed by atoms with Crippen LogP contribution >= 0.6 is 0 Å². The molecule has 3 aliphatic rings. The van der Waals surface area contributed by atoms with E-state index in [1.807, 2.05) is 0 Å². The summed E-state index contributed by atoms with van der Waals surface area (Å²) in [6, 6.07) is 84.6. The van der Waals surface area contributed by atoms with Gasteiger partial charge >= 0.3 is 0 Å². The third-order valence-corrected chi connectivity index (χ3v) is 18.5. The average Bonchev–Trinajstić information content (AvgIpc) is 4.30. The van der Waals surface area contributed by atoms with Gasteiger partial charge in [0.05, 0.1) is 0 Å². The van der Waals surface area contributed by atoms with Gasteiger partial charge in [0, 0.05) is 44.1 Å². The van der Waals surface area contributed by atoms with Crippen molar-refractivity contribution >= 4 is 71.3 Å². The summed E-state index contributed by atoms with van der Waals surface area (Å²) in [4.78, 5) is 2.53. The lowest BCUT2D eigenvalue weighted by Crippen LogP contribution is -2.19. The summed E-state index contributed by atoms with van der Waals surface area (Å²) in [7, 11) is 0. The van der Waals surface area contributed by atoms with Gasteiger partial charge in [-0.3, -0.25) is 0 Å². The van der Waals surface area contributed by atoms with E-state index >= 15 is 0 Å². The van der Waals surface area contributed by atoms with Crippen molar-refractivity contribution in [1.29, 1.82) is 0 Å². The molecule has 0 bridgehead atoms. The van der Waals surface area contributed by atoms with E-state index in [9.17, 15) is 0 Å². The quantitative estimate of drug-likeness (QED) is 0.160. The summed E-state index contributed by atoms with van der Waals surface area (Å²) in [5.74, 6) is 0. The number of benzene rings is 12. The summed E-state index contributed by atoms with van der Waals surface area (Å²) >= 11 is 0. The van der Waals surface area contributed by atoms with Crippen LogP contribution in [0.15, 0.2) is 229 Å². The van der Waals surface area contributed by atoms with Gasteiger partial charge in [-0.25, -0.2) is 0 Å². The maximum Gasteiger partial charge on any atom is 0.136 e. The second-order valence-electron chi connectivity index (χ2n) is 23.6. The Kier molecular flexibility index (Phi) is 8.96. The van der Waals surface area contributed by atoms with Gasteiger partial charge in [-0.05, 0) is 188 Å². The Morgan fingerprint density at radius 2 is 0.649 bits per heavy atom. The first kappa shape index (κ1) is 44.3. The average molecular weight is 986 g/mol. The smallest absolute Gasteiger partial charge is 0.136 e. The summed E-state index contributed by atoms with van der Waals surface area (Å²) in [5.41, 5.74) is 25.8. The number of hydrogen-bond acceptors (Lipinski definition) is 2. The molecule has 16 rings (SSSR count). The summed E-state index contributed by atoms with van der Waals surface area (Å²) < 4.78 is 6.42. The molecule has 0 spiro atoms. The maximum atomic E-state index is 6.42. The molecule has 0 fully saturated rings. The minimum atomic E-state index is -0.280. The molecule has 0 atom stereocenters. The molecule has 0 N–H and O–H groups in total. The van der Waals surface area contributed by atoms with E-state index in [0.29, 0.717) is 0 Å². The van der Waals surface area contributed by atoms with E-state index in [1.165, 1.54) is 133 Å². The highest BCUT2D eigenvalue weighted by atomic mass is 16.3. The van der Waals surface area contributed by atoms with Crippen LogP contribution in [0.1, 0.15) is 74.9 Å². The van der Waals surface area contributed by atoms with Crippen LogP contribution in [0.3, 0.4) is 0 Å². The van der Waals surface area contributed by atoms with Crippen LogP contribution in [0.5, 0.6) is 0 Å². The molecule has 12 aromatic carbocycles. The van der Waals surface area contributed by atoms with Crippen molar-refractivity contribution in [2.24, 2.45) is 0 Å². The molecular formula is C75H55NO. The number of hydrogen-bond donors (Lipinski definition) is 0. The van der Waals surface area contributed by atoms with Gasteiger partial charge in [0.2, 0.25) is 0 Å². The Balaban J connectivity index is 0.840. The van der Waals surface area contributed by atoms with Gasteiger partial charge in [0.15, 0.2) is 0 Å². The van der Waals surface area contributed by atoms with Crippen LogP contribution in [0.2, 0.25) is 0 Å². The number of anilines is 3. The highest BCUT2D eigenvalue weighted by molar-refractivity contribution is 6.26. The molecular weight excluding hydrogens is 931 g/mol. The van der Waals surface area contributed by atoms with E-state index in [0.717, 1.165) is 27.6 Å². The minimum Gasteiger partial charge on any atom is -0.456 e. The Morgan fingerprint density at radius 1 is 0.260 bits per heavy atom. The monoisotopic (exact) mass is 985 g/mol. The molecule has 2 heteroatoms. The summed E-state index contributed by atoms with van der Waals surface area (Å²) in [6.45, 7) is 14.4. The molecule has 2 nitrogen and oxygen atoms in total. The van der Waals surface area contributed by atoms with E-state index < -0.39 is 0 Å². The van der Waals surface area contributed by atoms with E-state index in [2.05, 4.69) is 271 Å². The van der Waals surface area contributed by atoms with Crippen molar-refractivity contribution in [1.82, 2.24) is 0 Å². The van der Waals surface area contributed by atoms with Gasteiger partial charge in [-0.1, -0.05) is 199 Å². The molecule has 0 radical (unpaired) electrons. The van der Waals surface area contributed by atoms with Gasteiger partial charge in [0.1, 0.15) is 11.2 Å². The first-order valence-corrected chi connectivity index (χ1v) is 27.3. The number of fused-ring (bicyclic) bond motifs is 17. The second-order valence-corrected chi connectivity index (χ2v) is 23.6. The molecule has 1 heterocycles. The molecule has 77 heavy (non-hydrogen) atoms. The zero-order chi connectivity index (χ0) is 51.7. The van der Waals surface area contributed by atoms with Crippen LogP contribution in [0.25, 0.3) is 110 Å². The van der Waals surface area contributed by atoms with E-state index in [-0.39, 0.29) is 16.2 Å². The molecule has 0 aliphatic heterocycles. The topological polar surface area (TPSA) is 16.4 Å². The third-order valence-electron chi connectivity index (χ3n) is 18.5. The fraction of sp³-hybridized carbons (Fsp3) is 0.120. The predicted molar refractivity (Wildman–Crippen MR) is 324 cm³/mol. The normalized spacial score (nSPS) is 14.9. The molecule has 366 valence electrons. The van der Waals surface area contributed by atoms with Gasteiger partial charge in [-0.2, -0.15) is 0 Å². The fourth-order valence-corrected chi connectivity index (χ4v) is 14.6. The van der Waals surface area contributed by atoms with Crippen molar-refractivity contribution in [3.8, 4) is 55.6 Å². The lowest BCUT2D eigenvalue weighted by molar-refractivity contribution is 0.659. The second kappa shape index (κ2) is 15.6. The molecule has 0 saturated carbocycles. The number of furan rings is 1. The fourth-order valence-electron chi connectivity index (χ4n) is 14.6. The van der Waals surface area contributed by atoms with Crippen molar-refractivity contribution in [2.75, 3.05) is 4.90 Å². The Hall–Kier alpha value is -8.98. The molecule has 13 aromatic rings. The van der Waals surface area contributed by atoms with Crippen LogP contribution < -0.4 is 4.90 Å². The van der Waals surface area contributed by atoms with E-state index in [1.54, 1.807) is 0 Å². The highest BCUT2D eigenvalue weighted by Crippen LogP contribution is 2.56. The van der Waals surface area contributed by atoms with Crippen LogP contribution in [-0.4, -0.2) is 0 Å². The zero-order valence-corrected chi connectivity index (χ0v) is 44.2. The van der Waals surface area contributed by atoms with Crippen molar-refractivity contribution < 1.29 is 4.42 Å². The lowest BCUT2D eigenvalue weighted by Gasteiger charge is -2.31. The SMILES string of the molecule is CC1(C)c2ccccc2-c2ccc(N(c3ccc4c(c3)C(C)(C)c3ccccc3-4)c3ccc4c(c3)C(C)(C)c3cc(-c5cc6c7ccccc7c(-c7cccc8oc9ccccc9c78)cc6c6ccccc56)ccc3-4)cc21. The molecule has 0 unspecified atom stereocenters. The molecule has 0 amide bonds. The van der Waals surface area contributed by atoms with Gasteiger partial charge in [-0.15, -0.1) is 0 Å². The highest BCUT2D eigenvalue weighted by Gasteiger charge is 2.40. The van der Waals surface area contributed by atoms with Crippen LogP contribution in [0, 0.1) is 0 Å². The van der Waals surface area contributed by atoms with E-state index in [4.69, 9.17) is 4.42 Å². The Morgan fingerprint density at radius 3 is 1.21 bits per heavy atom. The standard InChI is InChI=1S/C75H55NO/c1-73(2)64-26-14-11-22-52(64)55-35-31-45(39-67(55)73)76(46-32-36-56-53-23-12-15-27-65(53)74(3,4)68(56)40-46)47-33-37-57-54-34-30-44(38-66(54)75(5,6)69(57)41-47)60-42-62-51-21-10-9-20-50(51)61(43-63(62)49-19-8-7-18-48(49)60)58-25-17-29-71-72(58)59-24-13-16-28-70(59)77-71/h7-43H,1-6H3. The first-order valence-electron chi connectivity index (χ1n) is 27.3. The van der Waals surface area contributed by atoms with Gasteiger partial charge in [0.25, 0.3) is 0 Å². The number of para-hydroxylation sites is 1. The summed E-state index contributed by atoms with van der Waals surface area (Å²) in [6.07, 6.45) is 0. The maximum absolute atomic E-state index is 6.42. The Labute approximate surface area is 449 Å². The van der Waals surface area contributed by atoms with Crippen molar-refractivity contribution in [3.63, 3.8) is 0 Å². The third kappa shape index (κ3) is 6.07. The van der Waals surface area contributed by atoms with Crippen molar-refractivity contribution in [3.05, 3.63) is 258 Å². The molecule has 0 saturated heterocycles. The van der Waals surface area contributed by atoms with Crippen molar-refractivity contribution in [2.45, 2.75) is 57.8 Å². The lowest BCUT2D eigenvalue weighted by atomic mass is 9.80. The van der Waals surface area contributed by atoms with Gasteiger partial charge < -0.3 is 9.32 Å².